The number of nitrogens with one attached hydrogen (secondary N) is 2. The summed E-state index contributed by atoms with van der Waals surface area (Å²) < 4.78 is 0. The summed E-state index contributed by atoms with van der Waals surface area (Å²) in [6.07, 6.45) is 2.93. The molecule has 4 N–H and O–H groups in total. The van der Waals surface area contributed by atoms with E-state index in [0.29, 0.717) is 0 Å². The standard InChI is InChI=1S/C17H19N3/c18-14(12-19-15-6-2-1-3-7-15)10-13-11-20-17-9-5-4-8-16(13)17/h1-9,11,14,19-20H,10,12,18H2. The van der Waals surface area contributed by atoms with Gasteiger partial charge in [0.05, 0.1) is 0 Å². The van der Waals surface area contributed by atoms with E-state index in [2.05, 4.69) is 46.8 Å². The predicted octanol–water partition coefficient (Wildman–Crippen LogP) is 3.15. The Morgan fingerprint density at radius 2 is 1.75 bits per heavy atom. The average molecular weight is 265 g/mol. The van der Waals surface area contributed by atoms with Gasteiger partial charge in [-0.3, -0.25) is 0 Å². The van der Waals surface area contributed by atoms with Gasteiger partial charge >= 0.3 is 0 Å². The van der Waals surface area contributed by atoms with E-state index in [1.807, 2.05) is 24.3 Å². The van der Waals surface area contributed by atoms with Crippen LogP contribution in [0.15, 0.2) is 60.8 Å². The van der Waals surface area contributed by atoms with Crippen LogP contribution in [0.4, 0.5) is 5.69 Å². The first-order chi connectivity index (χ1) is 9.83. The Morgan fingerprint density at radius 3 is 2.60 bits per heavy atom. The van der Waals surface area contributed by atoms with Crippen molar-refractivity contribution in [1.29, 1.82) is 0 Å². The molecule has 0 bridgehead atoms. The van der Waals surface area contributed by atoms with Crippen LogP contribution in [0.2, 0.25) is 0 Å². The number of aromatic amines is 1. The first-order valence-corrected chi connectivity index (χ1v) is 6.92. The van der Waals surface area contributed by atoms with Gasteiger partial charge in [-0.25, -0.2) is 0 Å². The van der Waals surface area contributed by atoms with E-state index in [4.69, 9.17) is 5.73 Å². The van der Waals surface area contributed by atoms with Crippen molar-refractivity contribution in [3.05, 3.63) is 66.4 Å². The molecule has 1 atom stereocenters. The van der Waals surface area contributed by atoms with Crippen LogP contribution in [0.5, 0.6) is 0 Å². The van der Waals surface area contributed by atoms with Gasteiger partial charge in [0.25, 0.3) is 0 Å². The van der Waals surface area contributed by atoms with Gasteiger partial charge in [-0.1, -0.05) is 36.4 Å². The highest BCUT2D eigenvalue weighted by molar-refractivity contribution is 5.83. The van der Waals surface area contributed by atoms with Crippen molar-refractivity contribution in [1.82, 2.24) is 4.98 Å². The summed E-state index contributed by atoms with van der Waals surface area (Å²) >= 11 is 0. The second-order valence-corrected chi connectivity index (χ2v) is 5.07. The molecule has 3 rings (SSSR count). The maximum absolute atomic E-state index is 6.23. The van der Waals surface area contributed by atoms with E-state index in [1.54, 1.807) is 0 Å². The van der Waals surface area contributed by atoms with Crippen molar-refractivity contribution in [3.8, 4) is 0 Å². The third-order valence-electron chi connectivity index (χ3n) is 3.50. The maximum Gasteiger partial charge on any atom is 0.0456 e. The second-order valence-electron chi connectivity index (χ2n) is 5.07. The Morgan fingerprint density at radius 1 is 1.00 bits per heavy atom. The number of aromatic nitrogens is 1. The zero-order valence-electron chi connectivity index (χ0n) is 11.3. The molecular formula is C17H19N3. The Labute approximate surface area is 118 Å². The van der Waals surface area contributed by atoms with E-state index in [0.717, 1.165) is 18.7 Å². The molecule has 0 spiro atoms. The lowest BCUT2D eigenvalue weighted by molar-refractivity contribution is 0.702. The number of rotatable bonds is 5. The number of H-pyrrole nitrogens is 1. The summed E-state index contributed by atoms with van der Waals surface area (Å²) in [4.78, 5) is 3.29. The van der Waals surface area contributed by atoms with E-state index in [9.17, 15) is 0 Å². The molecule has 0 radical (unpaired) electrons. The fourth-order valence-electron chi connectivity index (χ4n) is 2.46. The maximum atomic E-state index is 6.23. The van der Waals surface area contributed by atoms with Gasteiger partial charge in [-0.2, -0.15) is 0 Å². The highest BCUT2D eigenvalue weighted by atomic mass is 14.9. The van der Waals surface area contributed by atoms with Crippen LogP contribution in [0, 0.1) is 0 Å². The Hall–Kier alpha value is -2.26. The van der Waals surface area contributed by atoms with Gasteiger partial charge in [-0.05, 0) is 30.2 Å². The first-order valence-electron chi connectivity index (χ1n) is 6.92. The molecule has 20 heavy (non-hydrogen) atoms. The van der Waals surface area contributed by atoms with Gasteiger partial charge < -0.3 is 16.0 Å². The van der Waals surface area contributed by atoms with Crippen molar-refractivity contribution in [2.75, 3.05) is 11.9 Å². The van der Waals surface area contributed by atoms with Crippen molar-refractivity contribution in [3.63, 3.8) is 0 Å². The van der Waals surface area contributed by atoms with Gasteiger partial charge in [0.15, 0.2) is 0 Å². The minimum Gasteiger partial charge on any atom is -0.383 e. The Kier molecular flexibility index (Phi) is 3.70. The molecule has 3 heteroatoms. The molecular weight excluding hydrogens is 246 g/mol. The molecule has 0 saturated carbocycles. The van der Waals surface area contributed by atoms with E-state index in [1.165, 1.54) is 16.5 Å². The zero-order valence-corrected chi connectivity index (χ0v) is 11.3. The summed E-state index contributed by atoms with van der Waals surface area (Å²) in [5, 5.41) is 4.64. The average Bonchev–Trinajstić information content (AvgIpc) is 2.90. The highest BCUT2D eigenvalue weighted by Gasteiger charge is 2.08. The fraction of sp³-hybridized carbons (Fsp3) is 0.176. The van der Waals surface area contributed by atoms with Crippen LogP contribution in [0.25, 0.3) is 10.9 Å². The van der Waals surface area contributed by atoms with Crippen LogP contribution in [-0.4, -0.2) is 17.6 Å². The zero-order chi connectivity index (χ0) is 13.8. The van der Waals surface area contributed by atoms with Crippen LogP contribution >= 0.6 is 0 Å². The monoisotopic (exact) mass is 265 g/mol. The smallest absolute Gasteiger partial charge is 0.0456 e. The third kappa shape index (κ3) is 2.83. The molecule has 0 aliphatic carbocycles. The largest absolute Gasteiger partial charge is 0.383 e. The lowest BCUT2D eigenvalue weighted by Gasteiger charge is -2.13. The van der Waals surface area contributed by atoms with E-state index >= 15 is 0 Å². The van der Waals surface area contributed by atoms with Crippen molar-refractivity contribution in [2.24, 2.45) is 5.73 Å². The molecule has 0 aliphatic heterocycles. The van der Waals surface area contributed by atoms with E-state index in [-0.39, 0.29) is 6.04 Å². The quantitative estimate of drug-likeness (QED) is 0.663. The van der Waals surface area contributed by atoms with Crippen LogP contribution in [0.3, 0.4) is 0 Å². The van der Waals surface area contributed by atoms with Crippen LogP contribution in [0.1, 0.15) is 5.56 Å². The summed E-state index contributed by atoms with van der Waals surface area (Å²) in [5.41, 5.74) is 9.79. The van der Waals surface area contributed by atoms with Crippen molar-refractivity contribution in [2.45, 2.75) is 12.5 Å². The molecule has 1 unspecified atom stereocenters. The summed E-state index contributed by atoms with van der Waals surface area (Å²) in [5.74, 6) is 0. The second kappa shape index (κ2) is 5.80. The van der Waals surface area contributed by atoms with Crippen LogP contribution < -0.4 is 11.1 Å². The number of nitrogens with two attached hydrogens (primary N) is 1. The van der Waals surface area contributed by atoms with Gasteiger partial charge in [0, 0.05) is 35.4 Å². The molecule has 0 amide bonds. The van der Waals surface area contributed by atoms with Gasteiger partial charge in [0.2, 0.25) is 0 Å². The molecule has 0 fully saturated rings. The lowest BCUT2D eigenvalue weighted by Crippen LogP contribution is -2.31. The molecule has 2 aromatic carbocycles. The number of hydrogen-bond donors (Lipinski definition) is 3. The number of fused-ring (bicyclic) bond motifs is 1. The number of anilines is 1. The Balaban J connectivity index is 1.63. The summed E-state index contributed by atoms with van der Waals surface area (Å²) in [6, 6.07) is 18.6. The number of hydrogen-bond acceptors (Lipinski definition) is 2. The topological polar surface area (TPSA) is 53.8 Å². The molecule has 1 heterocycles. The van der Waals surface area contributed by atoms with Crippen molar-refractivity contribution >= 4 is 16.6 Å². The minimum atomic E-state index is 0.0920. The lowest BCUT2D eigenvalue weighted by atomic mass is 10.1. The summed E-state index contributed by atoms with van der Waals surface area (Å²) in [6.45, 7) is 0.767. The molecule has 0 saturated heterocycles. The molecule has 3 nitrogen and oxygen atoms in total. The number of para-hydroxylation sites is 2. The molecule has 1 aromatic heterocycles. The minimum absolute atomic E-state index is 0.0920. The normalized spacial score (nSPS) is 12.4. The van der Waals surface area contributed by atoms with Gasteiger partial charge in [0.1, 0.15) is 0 Å². The molecule has 102 valence electrons. The third-order valence-corrected chi connectivity index (χ3v) is 3.50. The Bertz CT molecular complexity index is 673. The highest BCUT2D eigenvalue weighted by Crippen LogP contribution is 2.18. The van der Waals surface area contributed by atoms with E-state index < -0.39 is 0 Å². The fourth-order valence-corrected chi connectivity index (χ4v) is 2.46. The summed E-state index contributed by atoms with van der Waals surface area (Å²) in [7, 11) is 0. The molecule has 3 aromatic rings. The predicted molar refractivity (Wildman–Crippen MR) is 84.9 cm³/mol. The van der Waals surface area contributed by atoms with Crippen LogP contribution in [-0.2, 0) is 6.42 Å². The van der Waals surface area contributed by atoms with Gasteiger partial charge in [-0.15, -0.1) is 0 Å². The van der Waals surface area contributed by atoms with Crippen molar-refractivity contribution < 1.29 is 0 Å². The molecule has 0 aliphatic rings. The number of benzene rings is 2. The first kappa shape index (κ1) is 12.8. The SMILES string of the molecule is NC(CNc1ccccc1)Cc1c[nH]c2ccccc12.